The van der Waals surface area contributed by atoms with Crippen LogP contribution in [0.4, 0.5) is 14.6 Å². The van der Waals surface area contributed by atoms with Crippen LogP contribution in [0.5, 0.6) is 0 Å². The third-order valence-corrected chi connectivity index (χ3v) is 8.11. The van der Waals surface area contributed by atoms with Gasteiger partial charge in [0, 0.05) is 60.0 Å². The molecule has 13 heteroatoms. The van der Waals surface area contributed by atoms with E-state index in [1.807, 2.05) is 6.07 Å². The third kappa shape index (κ3) is 9.08. The van der Waals surface area contributed by atoms with Gasteiger partial charge >= 0.3 is 0 Å². The van der Waals surface area contributed by atoms with Crippen LogP contribution in [0.1, 0.15) is 21.6 Å². The Balaban J connectivity index is 1.19. The van der Waals surface area contributed by atoms with Crippen LogP contribution >= 0.6 is 0 Å². The Hall–Kier alpha value is -7.41. The Bertz CT molecular complexity index is 2380. The fourth-order valence-electron chi connectivity index (χ4n) is 5.37. The first kappa shape index (κ1) is 36.4. The number of carbonyl (C=O) groups excluding carboxylic acids is 3. The Morgan fingerprint density at radius 2 is 1.19 bits per heavy atom. The molecule has 0 unspecified atom stereocenters. The van der Waals surface area contributed by atoms with Crippen molar-refractivity contribution in [1.82, 2.24) is 30.6 Å². The second-order valence-corrected chi connectivity index (χ2v) is 11.8. The second kappa shape index (κ2) is 16.7. The number of hydrogen-bond donors (Lipinski definition) is 4. The van der Waals surface area contributed by atoms with Crippen LogP contribution in [0.3, 0.4) is 0 Å². The Morgan fingerprint density at radius 3 is 1.72 bits per heavy atom. The van der Waals surface area contributed by atoms with E-state index in [2.05, 4.69) is 37.5 Å². The summed E-state index contributed by atoms with van der Waals surface area (Å²) in [4.78, 5) is 54.8. The molecular weight excluding hydrogens is 690 g/mol. The molecule has 54 heavy (non-hydrogen) atoms. The maximum Gasteiger partial charge on any atom is 0.267 e. The molecule has 3 amide bonds. The van der Waals surface area contributed by atoms with Gasteiger partial charge in [0.15, 0.2) is 0 Å². The van der Waals surface area contributed by atoms with Crippen molar-refractivity contribution in [3.63, 3.8) is 0 Å². The van der Waals surface area contributed by atoms with Crippen molar-refractivity contribution in [2.75, 3.05) is 5.32 Å². The van der Waals surface area contributed by atoms with Gasteiger partial charge in [-0.2, -0.15) is 0 Å². The number of benzene rings is 2. The lowest BCUT2D eigenvalue weighted by Gasteiger charge is -2.13. The van der Waals surface area contributed by atoms with Gasteiger partial charge in [-0.1, -0.05) is 18.7 Å². The van der Waals surface area contributed by atoms with Crippen LogP contribution in [0, 0.1) is 11.6 Å². The van der Waals surface area contributed by atoms with E-state index in [1.54, 1.807) is 73.1 Å². The molecule has 0 bridgehead atoms. The van der Waals surface area contributed by atoms with Crippen molar-refractivity contribution >= 4 is 23.5 Å². The zero-order chi connectivity index (χ0) is 38.0. The fraction of sp³-hybridized carbons (Fsp3) is 0.0488. The third-order valence-electron chi connectivity index (χ3n) is 8.11. The van der Waals surface area contributed by atoms with Crippen molar-refractivity contribution < 1.29 is 23.2 Å². The summed E-state index contributed by atoms with van der Waals surface area (Å²) in [6.07, 6.45) is 7.13. The molecule has 0 radical (unpaired) electrons. The van der Waals surface area contributed by atoms with Gasteiger partial charge in [-0.3, -0.25) is 24.4 Å². The average Bonchev–Trinajstić information content (AvgIpc) is 3.20. The second-order valence-electron chi connectivity index (χ2n) is 11.8. The number of nitrogens with two attached hydrogens (primary N) is 1. The molecule has 268 valence electrons. The summed E-state index contributed by atoms with van der Waals surface area (Å²) in [6, 6.07) is 25.6. The molecule has 0 atom stereocenters. The van der Waals surface area contributed by atoms with Crippen LogP contribution in [0.15, 0.2) is 134 Å². The smallest absolute Gasteiger partial charge is 0.267 e. The molecule has 6 aromatic rings. The number of primary amides is 1. The Labute approximate surface area is 308 Å². The number of hydrogen-bond acceptors (Lipinski definition) is 8. The van der Waals surface area contributed by atoms with Crippen molar-refractivity contribution in [2.24, 2.45) is 5.73 Å². The van der Waals surface area contributed by atoms with Crippen LogP contribution < -0.4 is 21.7 Å². The molecule has 5 N–H and O–H groups in total. The molecule has 0 aliphatic carbocycles. The topological polar surface area (TPSA) is 165 Å². The van der Waals surface area contributed by atoms with Crippen LogP contribution in [0.2, 0.25) is 0 Å². The molecule has 0 aliphatic heterocycles. The highest BCUT2D eigenvalue weighted by Crippen LogP contribution is 2.29. The molecule has 0 saturated heterocycles. The lowest BCUT2D eigenvalue weighted by molar-refractivity contribution is -0.117. The highest BCUT2D eigenvalue weighted by atomic mass is 19.1. The van der Waals surface area contributed by atoms with Crippen molar-refractivity contribution in [3.05, 3.63) is 163 Å². The number of carbonyl (C=O) groups is 3. The molecule has 11 nitrogen and oxygen atoms in total. The molecule has 0 fully saturated rings. The highest BCUT2D eigenvalue weighted by molar-refractivity contribution is 5.91. The van der Waals surface area contributed by atoms with Gasteiger partial charge in [0.05, 0.1) is 22.8 Å². The molecule has 4 aromatic heterocycles. The maximum atomic E-state index is 13.6. The maximum absolute atomic E-state index is 13.6. The molecule has 6 rings (SSSR count). The summed E-state index contributed by atoms with van der Waals surface area (Å²) >= 11 is 0. The van der Waals surface area contributed by atoms with E-state index < -0.39 is 11.8 Å². The van der Waals surface area contributed by atoms with E-state index in [1.165, 1.54) is 48.7 Å². The number of aromatic nitrogens is 4. The van der Waals surface area contributed by atoms with E-state index in [9.17, 15) is 23.2 Å². The first-order valence-corrected chi connectivity index (χ1v) is 16.5. The molecule has 0 spiro atoms. The summed E-state index contributed by atoms with van der Waals surface area (Å²) in [7, 11) is 0. The molecule has 4 heterocycles. The zero-order valence-corrected chi connectivity index (χ0v) is 28.6. The number of anilines is 1. The van der Waals surface area contributed by atoms with Gasteiger partial charge in [-0.05, 0) is 102 Å². The minimum atomic E-state index is -0.690. The first-order valence-electron chi connectivity index (χ1n) is 16.5. The quantitative estimate of drug-likeness (QED) is 0.100. The predicted molar refractivity (Wildman–Crippen MR) is 201 cm³/mol. The number of nitrogens with one attached hydrogen (secondary N) is 3. The largest absolute Gasteiger partial charge is 0.364 e. The molecular formula is C41H32F2N8O3. The number of pyridine rings is 4. The van der Waals surface area contributed by atoms with E-state index in [-0.39, 0.29) is 36.3 Å². The van der Waals surface area contributed by atoms with Crippen LogP contribution in [0.25, 0.3) is 45.0 Å². The standard InChI is InChI=1S/C41H32F2N8O3/c1-2-39(52)48-23-27-21-46-37(26-11-15-30(43)16-12-26)20-32(27)34-6-4-8-38(51-34)45-18-17-40(53)49-24-28-22-47-36(25-9-13-29(42)14-10-25)19-31(28)33-5-3-7-35(50-33)41(44)54/h2-22H,1,23-24H2,(H2,44,54)(H,45,51)(H,48,52)(H,49,53)/b18-17+. The van der Waals surface area contributed by atoms with Crippen LogP contribution in [-0.2, 0) is 22.7 Å². The monoisotopic (exact) mass is 722 g/mol. The summed E-state index contributed by atoms with van der Waals surface area (Å²) in [5, 5.41) is 8.60. The number of nitrogens with zero attached hydrogens (tertiary/aromatic N) is 4. The van der Waals surface area contributed by atoms with E-state index in [4.69, 9.17) is 10.7 Å². The van der Waals surface area contributed by atoms with Gasteiger partial charge < -0.3 is 21.7 Å². The van der Waals surface area contributed by atoms with Gasteiger partial charge in [0.25, 0.3) is 5.91 Å². The Kier molecular flexibility index (Phi) is 11.3. The summed E-state index contributed by atoms with van der Waals surface area (Å²) in [5.74, 6) is -1.78. The molecule has 0 aliphatic rings. The van der Waals surface area contributed by atoms with Crippen molar-refractivity contribution in [3.8, 4) is 45.0 Å². The van der Waals surface area contributed by atoms with E-state index in [0.29, 0.717) is 62.0 Å². The van der Waals surface area contributed by atoms with Gasteiger partial charge in [-0.25, -0.2) is 18.7 Å². The van der Waals surface area contributed by atoms with E-state index >= 15 is 0 Å². The number of rotatable bonds is 13. The SMILES string of the molecule is C=CC(=O)NCc1cnc(-c2ccc(F)cc2)cc1-c1cccc(N/C=C/C(=O)NCc2cnc(-c3ccc(F)cc3)cc2-c2cccc(C(N)=O)n2)n1. The predicted octanol–water partition coefficient (Wildman–Crippen LogP) is 6.36. The lowest BCUT2D eigenvalue weighted by Crippen LogP contribution is -2.21. The Morgan fingerprint density at radius 1 is 0.667 bits per heavy atom. The molecule has 2 aromatic carbocycles. The minimum absolute atomic E-state index is 0.0645. The summed E-state index contributed by atoms with van der Waals surface area (Å²) < 4.78 is 27.2. The number of halogens is 2. The summed E-state index contributed by atoms with van der Waals surface area (Å²) in [5.41, 5.74) is 11.6. The van der Waals surface area contributed by atoms with Crippen molar-refractivity contribution in [2.45, 2.75) is 13.1 Å². The number of amides is 3. The zero-order valence-electron chi connectivity index (χ0n) is 28.6. The summed E-state index contributed by atoms with van der Waals surface area (Å²) in [6.45, 7) is 3.72. The van der Waals surface area contributed by atoms with Gasteiger partial charge in [0.1, 0.15) is 23.1 Å². The highest BCUT2D eigenvalue weighted by Gasteiger charge is 2.15. The molecule has 0 saturated carbocycles. The van der Waals surface area contributed by atoms with E-state index in [0.717, 1.165) is 0 Å². The average molecular weight is 723 g/mol. The van der Waals surface area contributed by atoms with Crippen LogP contribution in [-0.4, -0.2) is 37.7 Å². The lowest BCUT2D eigenvalue weighted by atomic mass is 10.0. The normalized spacial score (nSPS) is 10.9. The van der Waals surface area contributed by atoms with Gasteiger partial charge in [-0.15, -0.1) is 0 Å². The first-order chi connectivity index (χ1) is 26.2. The minimum Gasteiger partial charge on any atom is -0.364 e. The fourth-order valence-corrected chi connectivity index (χ4v) is 5.37. The van der Waals surface area contributed by atoms with Crippen molar-refractivity contribution in [1.29, 1.82) is 0 Å². The van der Waals surface area contributed by atoms with Gasteiger partial charge in [0.2, 0.25) is 11.8 Å².